The Labute approximate surface area is 218 Å². The topological polar surface area (TPSA) is 83.9 Å². The van der Waals surface area contributed by atoms with E-state index in [4.69, 9.17) is 21.1 Å². The van der Waals surface area contributed by atoms with Crippen molar-refractivity contribution in [2.75, 3.05) is 38.2 Å². The lowest BCUT2D eigenvalue weighted by Gasteiger charge is -2.43. The largest absolute Gasteiger partial charge is 0.414 e. The first-order chi connectivity index (χ1) is 17.5. The molecule has 3 aliphatic heterocycles. The molecule has 0 aliphatic carbocycles. The fourth-order valence-corrected chi connectivity index (χ4v) is 5.99. The number of piperidine rings is 1. The van der Waals surface area contributed by atoms with Gasteiger partial charge in [-0.1, -0.05) is 11.6 Å². The molecule has 0 bridgehead atoms. The Bertz CT molecular complexity index is 1150. The number of anilines is 1. The molecule has 37 heavy (non-hydrogen) atoms. The average Bonchev–Trinajstić information content (AvgIpc) is 3.22. The van der Waals surface area contributed by atoms with Crippen LogP contribution in [-0.2, 0) is 14.3 Å². The number of carbonyl (C=O) groups is 1. The Morgan fingerprint density at radius 2 is 1.92 bits per heavy atom. The number of carbonyl (C=O) groups excluding carboxylic acids is 1. The van der Waals surface area contributed by atoms with Crippen molar-refractivity contribution in [3.8, 4) is 0 Å². The number of pyridine rings is 1. The molecule has 1 amide bonds. The van der Waals surface area contributed by atoms with Crippen molar-refractivity contribution in [3.63, 3.8) is 0 Å². The number of halogens is 4. The molecule has 0 saturated carbocycles. The number of ether oxygens (including phenoxy) is 2. The van der Waals surface area contributed by atoms with Crippen LogP contribution in [0.1, 0.15) is 44.1 Å². The van der Waals surface area contributed by atoms with Gasteiger partial charge in [0.05, 0.1) is 37.4 Å². The predicted octanol–water partition coefficient (Wildman–Crippen LogP) is 4.51. The Morgan fingerprint density at radius 1 is 1.16 bits per heavy atom. The molecule has 3 fully saturated rings. The van der Waals surface area contributed by atoms with Crippen molar-refractivity contribution in [2.45, 2.75) is 62.4 Å². The minimum atomic E-state index is -4.42. The minimum absolute atomic E-state index is 0.101. The molecule has 1 aromatic carbocycles. The van der Waals surface area contributed by atoms with Crippen LogP contribution in [0.25, 0.3) is 10.8 Å². The Morgan fingerprint density at radius 3 is 2.54 bits per heavy atom. The number of alkyl halides is 3. The summed E-state index contributed by atoms with van der Waals surface area (Å²) in [5, 5.41) is 15.5. The quantitative estimate of drug-likeness (QED) is 0.592. The van der Waals surface area contributed by atoms with E-state index in [0.29, 0.717) is 24.1 Å². The first-order valence-electron chi connectivity index (χ1n) is 12.6. The van der Waals surface area contributed by atoms with Crippen LogP contribution in [0.2, 0.25) is 5.02 Å². The van der Waals surface area contributed by atoms with Gasteiger partial charge in [0.25, 0.3) is 0 Å². The van der Waals surface area contributed by atoms with Gasteiger partial charge in [-0.15, -0.1) is 0 Å². The number of amides is 1. The summed E-state index contributed by atoms with van der Waals surface area (Å²) in [6.45, 7) is 4.31. The highest BCUT2D eigenvalue weighted by atomic mass is 35.5. The Hall–Kier alpha value is -1.98. The fraction of sp³-hybridized carbons (Fsp3) is 0.615. The molecule has 5 rings (SSSR count). The molecule has 3 aliphatic rings. The lowest BCUT2D eigenvalue weighted by Crippen LogP contribution is -2.56. The van der Waals surface area contributed by atoms with Crippen LogP contribution in [0.15, 0.2) is 24.4 Å². The Balaban J connectivity index is 1.25. The fourth-order valence-electron chi connectivity index (χ4n) is 5.67. The molecule has 1 aromatic heterocycles. The van der Waals surface area contributed by atoms with E-state index in [0.717, 1.165) is 42.3 Å². The molecule has 0 unspecified atom stereocenters. The van der Waals surface area contributed by atoms with E-state index in [1.54, 1.807) is 12.3 Å². The third kappa shape index (κ3) is 5.45. The maximum absolute atomic E-state index is 12.8. The highest BCUT2D eigenvalue weighted by Crippen LogP contribution is 2.39. The number of nitrogens with one attached hydrogen (secondary N) is 1. The summed E-state index contributed by atoms with van der Waals surface area (Å²) in [7, 11) is 0. The summed E-state index contributed by atoms with van der Waals surface area (Å²) in [5.41, 5.74) is 0.665. The van der Waals surface area contributed by atoms with Gasteiger partial charge in [-0.3, -0.25) is 9.69 Å². The van der Waals surface area contributed by atoms with Crippen LogP contribution in [0.4, 0.5) is 19.0 Å². The highest BCUT2D eigenvalue weighted by Gasteiger charge is 2.45. The van der Waals surface area contributed by atoms with Gasteiger partial charge in [0.15, 0.2) is 6.10 Å². The van der Waals surface area contributed by atoms with E-state index < -0.39 is 30.2 Å². The molecule has 11 heteroatoms. The van der Waals surface area contributed by atoms with Gasteiger partial charge in [-0.2, -0.15) is 13.2 Å². The predicted molar refractivity (Wildman–Crippen MR) is 133 cm³/mol. The van der Waals surface area contributed by atoms with E-state index in [-0.39, 0.29) is 30.9 Å². The standard InChI is InChI=1S/C26H31ClF3N3O4/c1-25(14-36-13-21(25)34)33-6-4-15(5-7-33)19-8-17-10-23(31-11-18(17)9-20(19)27)32-24(35)16-2-3-22(37-12-16)26(28,29)30/h8-11,15-16,21-22,34H,2-7,12-14H2,1H3,(H,31,32,35)/t16-,21-,22-,25+/m0/s1. The minimum Gasteiger partial charge on any atom is -0.389 e. The number of aliphatic hydroxyl groups is 1. The van der Waals surface area contributed by atoms with Gasteiger partial charge >= 0.3 is 6.18 Å². The number of likely N-dealkylation sites (tertiary alicyclic amines) is 1. The zero-order valence-electron chi connectivity index (χ0n) is 20.6. The molecule has 3 saturated heterocycles. The van der Waals surface area contributed by atoms with Crippen LogP contribution >= 0.6 is 11.6 Å². The Kier molecular flexibility index (Phi) is 7.41. The summed E-state index contributed by atoms with van der Waals surface area (Å²) in [6.07, 6.45) is -3.46. The molecular formula is C26H31ClF3N3O4. The number of nitrogens with zero attached hydrogens (tertiary/aromatic N) is 2. The molecule has 7 nitrogen and oxygen atoms in total. The number of aromatic nitrogens is 1. The second-order valence-electron chi connectivity index (χ2n) is 10.6. The van der Waals surface area contributed by atoms with E-state index in [9.17, 15) is 23.1 Å². The molecule has 0 spiro atoms. The molecule has 4 heterocycles. The molecule has 2 aromatic rings. The number of aliphatic hydroxyl groups excluding tert-OH is 1. The van der Waals surface area contributed by atoms with Crippen LogP contribution < -0.4 is 5.32 Å². The normalized spacial score (nSPS) is 30.1. The molecular weight excluding hydrogens is 511 g/mol. The summed E-state index contributed by atoms with van der Waals surface area (Å²) in [6, 6.07) is 5.67. The number of rotatable bonds is 4. The molecule has 4 atom stereocenters. The van der Waals surface area contributed by atoms with Crippen LogP contribution in [-0.4, -0.2) is 77.7 Å². The molecule has 202 valence electrons. The van der Waals surface area contributed by atoms with Gasteiger partial charge in [0, 0.05) is 16.6 Å². The van der Waals surface area contributed by atoms with E-state index in [2.05, 4.69) is 15.2 Å². The van der Waals surface area contributed by atoms with E-state index in [1.165, 1.54) is 0 Å². The number of benzene rings is 1. The van der Waals surface area contributed by atoms with Gasteiger partial charge < -0.3 is 19.9 Å². The van der Waals surface area contributed by atoms with Crippen LogP contribution in [0, 0.1) is 5.92 Å². The molecule has 2 N–H and O–H groups in total. The summed E-state index contributed by atoms with van der Waals surface area (Å²) in [5.74, 6) is -0.474. The first-order valence-corrected chi connectivity index (χ1v) is 13.0. The summed E-state index contributed by atoms with van der Waals surface area (Å²) < 4.78 is 48.8. The molecule has 0 radical (unpaired) electrons. The maximum atomic E-state index is 12.8. The average molecular weight is 542 g/mol. The van der Waals surface area contributed by atoms with Gasteiger partial charge in [0.2, 0.25) is 5.91 Å². The van der Waals surface area contributed by atoms with Crippen LogP contribution in [0.3, 0.4) is 0 Å². The van der Waals surface area contributed by atoms with Crippen molar-refractivity contribution in [3.05, 3.63) is 35.0 Å². The zero-order valence-corrected chi connectivity index (χ0v) is 21.3. The SMILES string of the molecule is C[C@@]1(N2CCC(c3cc4cc(NC(=O)[C@H]5CC[C@@H](C(F)(F)F)OC5)ncc4cc3Cl)CC2)COC[C@@H]1O. The van der Waals surface area contributed by atoms with Gasteiger partial charge in [-0.25, -0.2) is 4.98 Å². The van der Waals surface area contributed by atoms with Gasteiger partial charge in [0.1, 0.15) is 5.82 Å². The number of hydrogen-bond acceptors (Lipinski definition) is 6. The van der Waals surface area contributed by atoms with Crippen molar-refractivity contribution >= 4 is 34.1 Å². The zero-order chi connectivity index (χ0) is 26.4. The van der Waals surface area contributed by atoms with Gasteiger partial charge in [-0.05, 0) is 80.8 Å². The monoisotopic (exact) mass is 541 g/mol. The number of hydrogen-bond donors (Lipinski definition) is 2. The second kappa shape index (κ2) is 10.3. The van der Waals surface area contributed by atoms with Crippen LogP contribution in [0.5, 0.6) is 0 Å². The van der Waals surface area contributed by atoms with E-state index in [1.807, 2.05) is 19.1 Å². The van der Waals surface area contributed by atoms with Crippen molar-refractivity contribution in [2.24, 2.45) is 5.92 Å². The second-order valence-corrected chi connectivity index (χ2v) is 11.0. The summed E-state index contributed by atoms with van der Waals surface area (Å²) in [4.78, 5) is 19.3. The van der Waals surface area contributed by atoms with Crippen molar-refractivity contribution in [1.29, 1.82) is 0 Å². The van der Waals surface area contributed by atoms with Crippen molar-refractivity contribution < 1.29 is 32.5 Å². The maximum Gasteiger partial charge on any atom is 0.414 e. The lowest BCUT2D eigenvalue weighted by atomic mass is 9.85. The third-order valence-electron chi connectivity index (χ3n) is 8.15. The van der Waals surface area contributed by atoms with Crippen molar-refractivity contribution in [1.82, 2.24) is 9.88 Å². The highest BCUT2D eigenvalue weighted by molar-refractivity contribution is 6.32. The number of fused-ring (bicyclic) bond motifs is 1. The smallest absolute Gasteiger partial charge is 0.389 e. The van der Waals surface area contributed by atoms with E-state index >= 15 is 0 Å². The third-order valence-corrected chi connectivity index (χ3v) is 8.47. The first kappa shape index (κ1) is 26.6. The lowest BCUT2D eigenvalue weighted by molar-refractivity contribution is -0.234. The summed E-state index contributed by atoms with van der Waals surface area (Å²) >= 11 is 6.65.